The molecule has 0 aliphatic carbocycles. The molecule has 1 N–H and O–H groups in total. The minimum atomic E-state index is 0.00905. The second kappa shape index (κ2) is 8.51. The van der Waals surface area contributed by atoms with E-state index in [0.717, 1.165) is 31.4 Å². The fourth-order valence-corrected chi connectivity index (χ4v) is 1.78. The molecule has 0 aliphatic rings. The van der Waals surface area contributed by atoms with E-state index in [4.69, 9.17) is 0 Å². The predicted octanol–water partition coefficient (Wildman–Crippen LogP) is 3.94. The average Bonchev–Trinajstić information content (AvgIpc) is 2.42. The lowest BCUT2D eigenvalue weighted by Gasteiger charge is -2.07. The minimum Gasteiger partial charge on any atom is -0.352 e. The number of amides is 1. The van der Waals surface area contributed by atoms with Crippen LogP contribution in [0.5, 0.6) is 0 Å². The van der Waals surface area contributed by atoms with E-state index in [9.17, 15) is 4.79 Å². The number of carbonyl (C=O) groups excluding carboxylic acids is 1. The Kier molecular flexibility index (Phi) is 6.85. The summed E-state index contributed by atoms with van der Waals surface area (Å²) in [4.78, 5) is 11.7. The summed E-state index contributed by atoms with van der Waals surface area (Å²) in [5, 5.41) is 2.93. The van der Waals surface area contributed by atoms with Crippen molar-refractivity contribution in [1.29, 1.82) is 0 Å². The van der Waals surface area contributed by atoms with Crippen LogP contribution in [0.25, 0.3) is 0 Å². The quantitative estimate of drug-likeness (QED) is 0.545. The highest BCUT2D eigenvalue weighted by Gasteiger charge is 2.02. The number of rotatable bonds is 8. The first-order valence-corrected chi connectivity index (χ1v) is 6.74. The van der Waals surface area contributed by atoms with Gasteiger partial charge < -0.3 is 5.32 Å². The van der Waals surface area contributed by atoms with Gasteiger partial charge in [0.2, 0.25) is 0 Å². The molecule has 0 heterocycles. The van der Waals surface area contributed by atoms with Gasteiger partial charge >= 0.3 is 0 Å². The van der Waals surface area contributed by atoms with Gasteiger partial charge in [-0.3, -0.25) is 4.79 Å². The van der Waals surface area contributed by atoms with Gasteiger partial charge in [-0.15, -0.1) is 0 Å². The van der Waals surface area contributed by atoms with Crippen LogP contribution < -0.4 is 5.32 Å². The van der Waals surface area contributed by atoms with Crippen LogP contribution in [-0.2, 0) is 0 Å². The average molecular weight is 245 g/mol. The predicted molar refractivity (Wildman–Crippen MR) is 76.7 cm³/mol. The summed E-state index contributed by atoms with van der Waals surface area (Å²) in [6.07, 6.45) is 5.53. The second-order valence-corrected chi connectivity index (χ2v) is 4.58. The maximum Gasteiger partial charge on any atom is 0.251 e. The molecule has 2 nitrogen and oxygen atoms in total. The van der Waals surface area contributed by atoms with Crippen LogP contribution in [0.15, 0.2) is 42.5 Å². The van der Waals surface area contributed by atoms with Crippen LogP contribution in [0.2, 0.25) is 0 Å². The topological polar surface area (TPSA) is 29.1 Å². The van der Waals surface area contributed by atoms with Crippen LogP contribution in [0.1, 0.15) is 49.4 Å². The summed E-state index contributed by atoms with van der Waals surface area (Å²) >= 11 is 0. The first-order valence-electron chi connectivity index (χ1n) is 6.74. The van der Waals surface area contributed by atoms with E-state index in [1.54, 1.807) is 0 Å². The largest absolute Gasteiger partial charge is 0.352 e. The maximum atomic E-state index is 11.7. The lowest BCUT2D eigenvalue weighted by molar-refractivity contribution is 0.0953. The molecule has 98 valence electrons. The summed E-state index contributed by atoms with van der Waals surface area (Å²) in [6.45, 7) is 6.96. The normalized spacial score (nSPS) is 10.1. The van der Waals surface area contributed by atoms with Gasteiger partial charge in [-0.2, -0.15) is 0 Å². The molecular formula is C16H23NO. The third kappa shape index (κ3) is 5.67. The Hall–Kier alpha value is -1.57. The van der Waals surface area contributed by atoms with E-state index in [1.165, 1.54) is 18.4 Å². The molecule has 0 spiro atoms. The molecule has 0 saturated carbocycles. The number of nitrogens with one attached hydrogen (secondary N) is 1. The fraction of sp³-hybridized carbons (Fsp3) is 0.438. The summed E-state index contributed by atoms with van der Waals surface area (Å²) in [7, 11) is 0. The van der Waals surface area contributed by atoms with Crippen LogP contribution >= 0.6 is 0 Å². The molecule has 18 heavy (non-hydrogen) atoms. The van der Waals surface area contributed by atoms with E-state index < -0.39 is 0 Å². The molecule has 1 aromatic carbocycles. The maximum absolute atomic E-state index is 11.7. The summed E-state index contributed by atoms with van der Waals surface area (Å²) in [6, 6.07) is 9.32. The van der Waals surface area contributed by atoms with E-state index in [2.05, 4.69) is 18.8 Å². The Morgan fingerprint density at radius 1 is 1.17 bits per heavy atom. The highest BCUT2D eigenvalue weighted by atomic mass is 16.1. The number of unbranched alkanes of at least 4 members (excludes halogenated alkanes) is 1. The smallest absolute Gasteiger partial charge is 0.251 e. The zero-order chi connectivity index (χ0) is 13.2. The van der Waals surface area contributed by atoms with Gasteiger partial charge in [-0.1, -0.05) is 43.7 Å². The van der Waals surface area contributed by atoms with Crippen LogP contribution in [0.3, 0.4) is 0 Å². The SMILES string of the molecule is C=C(CCCC)CCCNC(=O)c1ccccc1. The van der Waals surface area contributed by atoms with Gasteiger partial charge in [0.1, 0.15) is 0 Å². The molecule has 0 atom stereocenters. The Labute approximate surface area is 110 Å². The molecule has 1 amide bonds. The minimum absolute atomic E-state index is 0.00905. The highest BCUT2D eigenvalue weighted by Crippen LogP contribution is 2.10. The lowest BCUT2D eigenvalue weighted by atomic mass is 10.1. The standard InChI is InChI=1S/C16H23NO/c1-3-4-9-14(2)10-8-13-17-16(18)15-11-6-5-7-12-15/h5-7,11-12H,2-4,8-10,13H2,1H3,(H,17,18). The lowest BCUT2D eigenvalue weighted by Crippen LogP contribution is -2.24. The van der Waals surface area contributed by atoms with Crippen molar-refractivity contribution in [1.82, 2.24) is 5.32 Å². The number of carbonyl (C=O) groups is 1. The van der Waals surface area contributed by atoms with Crippen molar-refractivity contribution in [2.45, 2.75) is 39.0 Å². The zero-order valence-electron chi connectivity index (χ0n) is 11.2. The van der Waals surface area contributed by atoms with Gasteiger partial charge in [0.05, 0.1) is 0 Å². The molecule has 0 unspecified atom stereocenters. The zero-order valence-corrected chi connectivity index (χ0v) is 11.2. The molecule has 0 saturated heterocycles. The molecule has 0 radical (unpaired) electrons. The number of allylic oxidation sites excluding steroid dienone is 1. The van der Waals surface area contributed by atoms with E-state index in [0.29, 0.717) is 0 Å². The molecule has 2 heteroatoms. The summed E-state index contributed by atoms with van der Waals surface area (Å²) in [5.41, 5.74) is 2.02. The van der Waals surface area contributed by atoms with Crippen molar-refractivity contribution in [3.8, 4) is 0 Å². The van der Waals surface area contributed by atoms with Crippen molar-refractivity contribution >= 4 is 5.91 Å². The third-order valence-electron chi connectivity index (χ3n) is 2.91. The Morgan fingerprint density at radius 2 is 1.83 bits per heavy atom. The van der Waals surface area contributed by atoms with Crippen LogP contribution in [-0.4, -0.2) is 12.5 Å². The molecular weight excluding hydrogens is 222 g/mol. The number of hydrogen-bond donors (Lipinski definition) is 1. The van der Waals surface area contributed by atoms with Crippen molar-refractivity contribution < 1.29 is 4.79 Å². The van der Waals surface area contributed by atoms with Crippen molar-refractivity contribution in [2.75, 3.05) is 6.54 Å². The first kappa shape index (κ1) is 14.5. The number of benzene rings is 1. The molecule has 0 aromatic heterocycles. The molecule has 0 bridgehead atoms. The van der Waals surface area contributed by atoms with Gasteiger partial charge in [-0.25, -0.2) is 0 Å². The van der Waals surface area contributed by atoms with Crippen LogP contribution in [0.4, 0.5) is 0 Å². The van der Waals surface area contributed by atoms with Gasteiger partial charge in [0.25, 0.3) is 5.91 Å². The monoisotopic (exact) mass is 245 g/mol. The van der Waals surface area contributed by atoms with Crippen molar-refractivity contribution in [3.63, 3.8) is 0 Å². The summed E-state index contributed by atoms with van der Waals surface area (Å²) in [5.74, 6) is 0.00905. The van der Waals surface area contributed by atoms with Gasteiger partial charge in [-0.05, 0) is 37.8 Å². The third-order valence-corrected chi connectivity index (χ3v) is 2.91. The Balaban J connectivity index is 2.15. The second-order valence-electron chi connectivity index (χ2n) is 4.58. The Morgan fingerprint density at radius 3 is 2.50 bits per heavy atom. The van der Waals surface area contributed by atoms with Gasteiger partial charge in [0, 0.05) is 12.1 Å². The van der Waals surface area contributed by atoms with Crippen molar-refractivity contribution in [2.24, 2.45) is 0 Å². The van der Waals surface area contributed by atoms with E-state index in [-0.39, 0.29) is 5.91 Å². The fourth-order valence-electron chi connectivity index (χ4n) is 1.78. The first-order chi connectivity index (χ1) is 8.74. The number of hydrogen-bond acceptors (Lipinski definition) is 1. The van der Waals surface area contributed by atoms with E-state index in [1.807, 2.05) is 30.3 Å². The summed E-state index contributed by atoms with van der Waals surface area (Å²) < 4.78 is 0. The molecule has 1 aromatic rings. The van der Waals surface area contributed by atoms with Crippen molar-refractivity contribution in [3.05, 3.63) is 48.0 Å². The molecule has 0 fully saturated rings. The Bertz CT molecular complexity index is 370. The highest BCUT2D eigenvalue weighted by molar-refractivity contribution is 5.94. The van der Waals surface area contributed by atoms with Gasteiger partial charge in [0.15, 0.2) is 0 Å². The van der Waals surface area contributed by atoms with E-state index >= 15 is 0 Å². The molecule has 0 aliphatic heterocycles. The van der Waals surface area contributed by atoms with Crippen LogP contribution in [0, 0.1) is 0 Å². The molecule has 1 rings (SSSR count).